The molecule has 102 valence electrons. The molecule has 1 aliphatic heterocycles. The molecule has 0 N–H and O–H groups in total. The van der Waals surface area contributed by atoms with E-state index < -0.39 is 0 Å². The summed E-state index contributed by atoms with van der Waals surface area (Å²) in [5.41, 5.74) is 2.64. The van der Waals surface area contributed by atoms with Crippen LogP contribution in [0.15, 0.2) is 24.3 Å². The summed E-state index contributed by atoms with van der Waals surface area (Å²) < 4.78 is 1.85. The zero-order valence-corrected chi connectivity index (χ0v) is 12.1. The van der Waals surface area contributed by atoms with Crippen LogP contribution in [0.5, 0.6) is 0 Å². The molecule has 1 aliphatic rings. The highest BCUT2D eigenvalue weighted by Crippen LogP contribution is 2.31. The van der Waals surface area contributed by atoms with Crippen LogP contribution in [0.25, 0.3) is 16.6 Å². The molecule has 4 rings (SSSR count). The van der Waals surface area contributed by atoms with Crippen LogP contribution in [0.4, 0.5) is 5.82 Å². The summed E-state index contributed by atoms with van der Waals surface area (Å²) in [6.07, 6.45) is 2.46. The van der Waals surface area contributed by atoms with Gasteiger partial charge in [-0.25, -0.2) is 9.50 Å². The molecule has 1 fully saturated rings. The van der Waals surface area contributed by atoms with Crippen molar-refractivity contribution in [2.75, 3.05) is 18.0 Å². The maximum absolute atomic E-state index is 6.36. The number of anilines is 1. The molecule has 3 heterocycles. The van der Waals surface area contributed by atoms with Crippen molar-refractivity contribution < 1.29 is 0 Å². The Hall–Kier alpha value is -1.81. The molecule has 0 atom stereocenters. The van der Waals surface area contributed by atoms with Gasteiger partial charge in [0.15, 0.2) is 5.65 Å². The number of aromatic nitrogens is 3. The molecule has 3 aromatic rings. The Morgan fingerprint density at radius 2 is 1.90 bits per heavy atom. The van der Waals surface area contributed by atoms with Crippen LogP contribution in [0.3, 0.4) is 0 Å². The van der Waals surface area contributed by atoms with E-state index in [2.05, 4.69) is 22.1 Å². The van der Waals surface area contributed by atoms with Gasteiger partial charge in [-0.1, -0.05) is 23.7 Å². The Bertz CT molecular complexity index is 802. The number of benzene rings is 1. The fourth-order valence-corrected chi connectivity index (χ4v) is 3.10. The summed E-state index contributed by atoms with van der Waals surface area (Å²) in [7, 11) is 0. The number of fused-ring (bicyclic) bond motifs is 3. The van der Waals surface area contributed by atoms with Gasteiger partial charge in [0.05, 0.1) is 11.2 Å². The van der Waals surface area contributed by atoms with Crippen LogP contribution in [-0.2, 0) is 0 Å². The van der Waals surface area contributed by atoms with Crippen molar-refractivity contribution in [2.45, 2.75) is 19.8 Å². The molecule has 20 heavy (non-hydrogen) atoms. The second kappa shape index (κ2) is 4.35. The van der Waals surface area contributed by atoms with Gasteiger partial charge in [0.25, 0.3) is 0 Å². The summed E-state index contributed by atoms with van der Waals surface area (Å²) in [6.45, 7) is 4.05. The third-order valence-corrected chi connectivity index (χ3v) is 4.40. The molecule has 4 nitrogen and oxygen atoms in total. The van der Waals surface area contributed by atoms with E-state index in [1.165, 1.54) is 12.8 Å². The minimum Gasteiger partial charge on any atom is -0.356 e. The molecule has 0 spiro atoms. The number of aryl methyl sites for hydroxylation is 1. The first-order chi connectivity index (χ1) is 9.75. The SMILES string of the molecule is Cc1nn2c(nc(N3CCCC3)c3ccccc32)c1Cl. The van der Waals surface area contributed by atoms with Crippen molar-refractivity contribution in [1.82, 2.24) is 14.6 Å². The fourth-order valence-electron chi connectivity index (χ4n) is 2.94. The Kier molecular flexibility index (Phi) is 2.60. The highest BCUT2D eigenvalue weighted by molar-refractivity contribution is 6.34. The molecular formula is C15H15ClN4. The van der Waals surface area contributed by atoms with E-state index in [1.54, 1.807) is 0 Å². The maximum atomic E-state index is 6.36. The lowest BCUT2D eigenvalue weighted by molar-refractivity contribution is 0.920. The minimum atomic E-state index is 0.649. The zero-order valence-electron chi connectivity index (χ0n) is 11.3. The number of rotatable bonds is 1. The number of para-hydroxylation sites is 1. The van der Waals surface area contributed by atoms with Crippen molar-refractivity contribution >= 4 is 34.0 Å². The van der Waals surface area contributed by atoms with Crippen molar-refractivity contribution in [3.63, 3.8) is 0 Å². The molecule has 1 saturated heterocycles. The van der Waals surface area contributed by atoms with E-state index in [9.17, 15) is 0 Å². The average molecular weight is 287 g/mol. The number of nitrogens with zero attached hydrogens (tertiary/aromatic N) is 4. The first-order valence-corrected chi connectivity index (χ1v) is 7.32. The van der Waals surface area contributed by atoms with Crippen molar-refractivity contribution in [3.05, 3.63) is 35.0 Å². The second-order valence-electron chi connectivity index (χ2n) is 5.28. The molecule has 1 aromatic carbocycles. The quantitative estimate of drug-likeness (QED) is 0.687. The second-order valence-corrected chi connectivity index (χ2v) is 5.66. The highest BCUT2D eigenvalue weighted by Gasteiger charge is 2.20. The molecule has 0 saturated carbocycles. The topological polar surface area (TPSA) is 33.4 Å². The number of hydrogen-bond donors (Lipinski definition) is 0. The molecule has 5 heteroatoms. The lowest BCUT2D eigenvalue weighted by atomic mass is 10.2. The third kappa shape index (κ3) is 1.61. The minimum absolute atomic E-state index is 0.649. The lowest BCUT2D eigenvalue weighted by Gasteiger charge is -2.19. The van der Waals surface area contributed by atoms with Crippen LogP contribution in [0, 0.1) is 6.92 Å². The Morgan fingerprint density at radius 3 is 2.70 bits per heavy atom. The van der Waals surface area contributed by atoms with Gasteiger partial charge in [-0.05, 0) is 31.9 Å². The number of halogens is 1. The van der Waals surface area contributed by atoms with Gasteiger partial charge in [0.2, 0.25) is 0 Å². The summed E-state index contributed by atoms with van der Waals surface area (Å²) in [5, 5.41) is 6.30. The van der Waals surface area contributed by atoms with E-state index in [-0.39, 0.29) is 0 Å². The van der Waals surface area contributed by atoms with E-state index in [4.69, 9.17) is 16.6 Å². The molecule has 0 radical (unpaired) electrons. The van der Waals surface area contributed by atoms with E-state index in [1.807, 2.05) is 23.6 Å². The summed E-state index contributed by atoms with van der Waals surface area (Å²) >= 11 is 6.36. The van der Waals surface area contributed by atoms with Gasteiger partial charge in [-0.15, -0.1) is 0 Å². The largest absolute Gasteiger partial charge is 0.356 e. The standard InChI is InChI=1S/C15H15ClN4/c1-10-13(16)15-17-14(19-8-4-5-9-19)11-6-2-3-7-12(11)20(15)18-10/h2-3,6-7H,4-5,8-9H2,1H3. The molecule has 0 bridgehead atoms. The predicted octanol–water partition coefficient (Wildman–Crippen LogP) is 3.44. The van der Waals surface area contributed by atoms with Crippen LogP contribution in [-0.4, -0.2) is 27.7 Å². The summed E-state index contributed by atoms with van der Waals surface area (Å²) in [5.74, 6) is 1.03. The molecule has 0 aliphatic carbocycles. The smallest absolute Gasteiger partial charge is 0.176 e. The summed E-state index contributed by atoms with van der Waals surface area (Å²) in [6, 6.07) is 8.26. The van der Waals surface area contributed by atoms with Crippen molar-refractivity contribution in [3.8, 4) is 0 Å². The normalized spacial score (nSPS) is 15.6. The van der Waals surface area contributed by atoms with Crippen molar-refractivity contribution in [1.29, 1.82) is 0 Å². The third-order valence-electron chi connectivity index (χ3n) is 3.96. The van der Waals surface area contributed by atoms with Crippen LogP contribution < -0.4 is 4.90 Å². The first-order valence-electron chi connectivity index (χ1n) is 6.94. The van der Waals surface area contributed by atoms with Crippen LogP contribution >= 0.6 is 11.6 Å². The highest BCUT2D eigenvalue weighted by atomic mass is 35.5. The predicted molar refractivity (Wildman–Crippen MR) is 81.7 cm³/mol. The molecule has 0 amide bonds. The lowest BCUT2D eigenvalue weighted by Crippen LogP contribution is -2.20. The number of hydrogen-bond acceptors (Lipinski definition) is 3. The molecular weight excluding hydrogens is 272 g/mol. The van der Waals surface area contributed by atoms with Gasteiger partial charge in [-0.2, -0.15) is 5.10 Å². The van der Waals surface area contributed by atoms with Crippen molar-refractivity contribution in [2.24, 2.45) is 0 Å². The van der Waals surface area contributed by atoms with E-state index >= 15 is 0 Å². The van der Waals surface area contributed by atoms with E-state index in [0.717, 1.165) is 41.2 Å². The fraction of sp³-hybridized carbons (Fsp3) is 0.333. The van der Waals surface area contributed by atoms with Gasteiger partial charge in [0.1, 0.15) is 10.8 Å². The zero-order chi connectivity index (χ0) is 13.7. The van der Waals surface area contributed by atoms with Crippen LogP contribution in [0.2, 0.25) is 5.02 Å². The van der Waals surface area contributed by atoms with Gasteiger partial charge in [0, 0.05) is 18.5 Å². The maximum Gasteiger partial charge on any atom is 0.176 e. The Labute approximate surface area is 122 Å². The van der Waals surface area contributed by atoms with E-state index in [0.29, 0.717) is 5.02 Å². The first kappa shape index (κ1) is 12.0. The van der Waals surface area contributed by atoms with Gasteiger partial charge >= 0.3 is 0 Å². The summed E-state index contributed by atoms with van der Waals surface area (Å²) in [4.78, 5) is 7.15. The average Bonchev–Trinajstić information content (AvgIpc) is 3.09. The monoisotopic (exact) mass is 286 g/mol. The Balaban J connectivity index is 2.12. The molecule has 0 unspecified atom stereocenters. The van der Waals surface area contributed by atoms with Gasteiger partial charge in [-0.3, -0.25) is 0 Å². The Morgan fingerprint density at radius 1 is 1.15 bits per heavy atom. The van der Waals surface area contributed by atoms with Crippen LogP contribution in [0.1, 0.15) is 18.5 Å². The molecule has 2 aromatic heterocycles. The van der Waals surface area contributed by atoms with Gasteiger partial charge < -0.3 is 4.90 Å².